The van der Waals surface area contributed by atoms with Crippen molar-refractivity contribution >= 4 is 40.7 Å². The van der Waals surface area contributed by atoms with Gasteiger partial charge in [0.1, 0.15) is 18.2 Å². The van der Waals surface area contributed by atoms with Crippen LogP contribution in [0, 0.1) is 5.82 Å². The molecule has 1 saturated heterocycles. The van der Waals surface area contributed by atoms with Crippen LogP contribution in [0.15, 0.2) is 85.1 Å². The molecule has 0 saturated carbocycles. The van der Waals surface area contributed by atoms with Gasteiger partial charge in [0.05, 0.1) is 30.9 Å². The Morgan fingerprint density at radius 3 is 2.60 bits per heavy atom. The fraction of sp³-hybridized carbons (Fsp3) is 0.161. The Morgan fingerprint density at radius 2 is 1.86 bits per heavy atom. The molecule has 3 heterocycles. The lowest BCUT2D eigenvalue weighted by molar-refractivity contribution is -0.117. The molecule has 0 aliphatic carbocycles. The van der Waals surface area contributed by atoms with Crippen LogP contribution in [0.4, 0.5) is 32.2 Å². The summed E-state index contributed by atoms with van der Waals surface area (Å²) in [6.07, 6.45) is 1.48. The van der Waals surface area contributed by atoms with Crippen molar-refractivity contribution in [3.8, 4) is 16.9 Å². The van der Waals surface area contributed by atoms with Crippen molar-refractivity contribution in [3.63, 3.8) is 0 Å². The average Bonchev–Trinajstić information content (AvgIpc) is 3.62. The molecular formula is C31H27FN6O4. The molecule has 0 unspecified atom stereocenters. The first-order chi connectivity index (χ1) is 20.4. The fourth-order valence-corrected chi connectivity index (χ4v) is 4.73. The number of anilines is 4. The molecule has 6 rings (SSSR count). The predicted molar refractivity (Wildman–Crippen MR) is 157 cm³/mol. The van der Waals surface area contributed by atoms with Crippen molar-refractivity contribution in [3.05, 3.63) is 96.4 Å². The maximum atomic E-state index is 13.6. The van der Waals surface area contributed by atoms with Crippen LogP contribution in [-0.4, -0.2) is 46.9 Å². The third-order valence-corrected chi connectivity index (χ3v) is 7.06. The second kappa shape index (κ2) is 11.2. The van der Waals surface area contributed by atoms with Gasteiger partial charge in [-0.25, -0.2) is 13.7 Å². The number of nitrogens with zero attached hydrogens (tertiary/aromatic N) is 4. The number of carbonyl (C=O) groups excluding carboxylic acids is 2. The molecule has 0 bridgehead atoms. The second-order valence-electron chi connectivity index (χ2n) is 9.77. The van der Waals surface area contributed by atoms with Crippen molar-refractivity contribution in [1.29, 1.82) is 0 Å². The minimum Gasteiger partial charge on any atom is -0.494 e. The molecule has 11 heteroatoms. The highest BCUT2D eigenvalue weighted by molar-refractivity contribution is 5.95. The molecule has 3 aromatic carbocycles. The van der Waals surface area contributed by atoms with Crippen LogP contribution in [0.2, 0.25) is 0 Å². The molecule has 2 aromatic heterocycles. The normalized spacial score (nSPS) is 13.6. The molecule has 0 spiro atoms. The van der Waals surface area contributed by atoms with Crippen LogP contribution in [0.1, 0.15) is 18.4 Å². The lowest BCUT2D eigenvalue weighted by atomic mass is 10.00. The van der Waals surface area contributed by atoms with Crippen molar-refractivity contribution in [2.24, 2.45) is 0 Å². The van der Waals surface area contributed by atoms with Crippen molar-refractivity contribution in [2.75, 3.05) is 35.8 Å². The van der Waals surface area contributed by atoms with E-state index in [0.29, 0.717) is 53.1 Å². The molecule has 1 atom stereocenters. The van der Waals surface area contributed by atoms with Crippen molar-refractivity contribution in [2.45, 2.75) is 12.8 Å². The third kappa shape index (κ3) is 5.44. The number of carbonyl (C=O) groups is 2. The summed E-state index contributed by atoms with van der Waals surface area (Å²) in [5.74, 6) is -0.180. The zero-order valence-electron chi connectivity index (χ0n) is 22.9. The number of amides is 2. The van der Waals surface area contributed by atoms with Gasteiger partial charge in [0, 0.05) is 23.5 Å². The Hall–Kier alpha value is -5.45. The van der Waals surface area contributed by atoms with Crippen LogP contribution in [0.25, 0.3) is 16.8 Å². The van der Waals surface area contributed by atoms with Gasteiger partial charge in [-0.2, -0.15) is 4.98 Å². The lowest BCUT2D eigenvalue weighted by Crippen LogP contribution is -2.23. The van der Waals surface area contributed by atoms with Gasteiger partial charge in [-0.05, 0) is 66.6 Å². The molecule has 1 fully saturated rings. The number of ether oxygens (including phenoxy) is 2. The van der Waals surface area contributed by atoms with Gasteiger partial charge in [0.15, 0.2) is 5.65 Å². The number of halogens is 1. The summed E-state index contributed by atoms with van der Waals surface area (Å²) in [5, 5.41) is 10.6. The Balaban J connectivity index is 1.15. The maximum Gasteiger partial charge on any atom is 0.414 e. The molecule has 1 aliphatic rings. The number of cyclic esters (lactones) is 1. The van der Waals surface area contributed by atoms with E-state index in [-0.39, 0.29) is 17.8 Å². The Kier molecular flexibility index (Phi) is 7.14. The van der Waals surface area contributed by atoms with Crippen LogP contribution in [-0.2, 0) is 9.53 Å². The Bertz CT molecular complexity index is 1790. The van der Waals surface area contributed by atoms with Crippen LogP contribution in [0.3, 0.4) is 0 Å². The fourth-order valence-electron chi connectivity index (χ4n) is 4.73. The predicted octanol–water partition coefficient (Wildman–Crippen LogP) is 5.99. The number of aromatic nitrogens is 3. The average molecular weight is 567 g/mol. The highest BCUT2D eigenvalue weighted by atomic mass is 19.1. The van der Waals surface area contributed by atoms with Crippen molar-refractivity contribution < 1.29 is 23.5 Å². The number of benzene rings is 3. The van der Waals surface area contributed by atoms with Crippen LogP contribution < -0.4 is 20.3 Å². The molecule has 1 aliphatic heterocycles. The lowest BCUT2D eigenvalue weighted by Gasteiger charge is -2.16. The molecule has 10 nitrogen and oxygen atoms in total. The minimum absolute atomic E-state index is 0.220. The second-order valence-corrected chi connectivity index (χ2v) is 9.77. The molecule has 212 valence electrons. The molecule has 42 heavy (non-hydrogen) atoms. The largest absolute Gasteiger partial charge is 0.494 e. The summed E-state index contributed by atoms with van der Waals surface area (Å²) in [6, 6.07) is 22.7. The van der Waals surface area contributed by atoms with E-state index < -0.39 is 5.92 Å². The highest BCUT2D eigenvalue weighted by Gasteiger charge is 2.24. The van der Waals surface area contributed by atoms with E-state index in [1.165, 1.54) is 12.1 Å². The van der Waals surface area contributed by atoms with E-state index in [0.717, 1.165) is 11.1 Å². The zero-order valence-corrected chi connectivity index (χ0v) is 22.9. The van der Waals surface area contributed by atoms with Crippen LogP contribution >= 0.6 is 0 Å². The van der Waals surface area contributed by atoms with Gasteiger partial charge >= 0.3 is 6.09 Å². The van der Waals surface area contributed by atoms with E-state index in [4.69, 9.17) is 9.47 Å². The number of hydrogen-bond donors (Lipinski definition) is 2. The zero-order chi connectivity index (χ0) is 29.2. The molecule has 0 radical (unpaired) electrons. The third-order valence-electron chi connectivity index (χ3n) is 7.06. The van der Waals surface area contributed by atoms with Crippen molar-refractivity contribution in [1.82, 2.24) is 14.6 Å². The number of hydrogen-bond acceptors (Lipinski definition) is 7. The highest BCUT2D eigenvalue weighted by Crippen LogP contribution is 2.33. The van der Waals surface area contributed by atoms with Gasteiger partial charge in [0.2, 0.25) is 11.9 Å². The summed E-state index contributed by atoms with van der Waals surface area (Å²) in [7, 11) is 1.55. The quantitative estimate of drug-likeness (QED) is 0.238. The van der Waals surface area contributed by atoms with Gasteiger partial charge in [0.25, 0.3) is 0 Å². The molecular weight excluding hydrogens is 539 g/mol. The molecule has 2 amide bonds. The summed E-state index contributed by atoms with van der Waals surface area (Å²) >= 11 is 0. The number of nitrogens with one attached hydrogen (secondary N) is 2. The van der Waals surface area contributed by atoms with E-state index >= 15 is 0 Å². The van der Waals surface area contributed by atoms with E-state index in [1.807, 2.05) is 42.6 Å². The Morgan fingerprint density at radius 1 is 1.05 bits per heavy atom. The standard InChI is InChI=1S/C31H27FN6O4/c1-19(21-4-3-5-23(32)16-21)29(39)33-24-9-6-20(7-10-24)22-8-13-28-35-30(36-38(28)18-22)34-26-12-11-25(17-27(26)41-2)37-14-15-42-31(37)40/h3-13,16-19H,14-15H2,1-2H3,(H,33,39)(H,34,36)/t19-/m1/s1. The van der Waals surface area contributed by atoms with E-state index in [2.05, 4.69) is 20.7 Å². The summed E-state index contributed by atoms with van der Waals surface area (Å²) in [4.78, 5) is 30.7. The van der Waals surface area contributed by atoms with Crippen LogP contribution in [0.5, 0.6) is 5.75 Å². The topological polar surface area (TPSA) is 110 Å². The number of methoxy groups -OCH3 is 1. The first-order valence-electron chi connectivity index (χ1n) is 13.3. The number of rotatable bonds is 8. The van der Waals surface area contributed by atoms with Gasteiger partial charge in [-0.3, -0.25) is 9.69 Å². The SMILES string of the molecule is COc1cc(N2CCOC2=O)ccc1Nc1nc2ccc(-c3ccc(NC(=O)[C@H](C)c4cccc(F)c4)cc3)cn2n1. The molecule has 2 N–H and O–H groups in total. The number of pyridine rings is 1. The van der Waals surface area contributed by atoms with E-state index in [1.54, 1.807) is 53.8 Å². The van der Waals surface area contributed by atoms with Gasteiger partial charge < -0.3 is 20.1 Å². The van der Waals surface area contributed by atoms with Gasteiger partial charge in [-0.1, -0.05) is 24.3 Å². The summed E-state index contributed by atoms with van der Waals surface area (Å²) < 4.78 is 25.8. The molecule has 5 aromatic rings. The van der Waals surface area contributed by atoms with Gasteiger partial charge in [-0.15, -0.1) is 5.10 Å². The first kappa shape index (κ1) is 26.8. The minimum atomic E-state index is -0.500. The van der Waals surface area contributed by atoms with E-state index in [9.17, 15) is 14.0 Å². The summed E-state index contributed by atoms with van der Waals surface area (Å²) in [6.45, 7) is 2.58. The monoisotopic (exact) mass is 566 g/mol. The summed E-state index contributed by atoms with van der Waals surface area (Å²) in [5.41, 5.74) is 5.06. The smallest absolute Gasteiger partial charge is 0.414 e. The Labute approximate surface area is 240 Å². The maximum absolute atomic E-state index is 13.6. The first-order valence-corrected chi connectivity index (χ1v) is 13.3. The number of fused-ring (bicyclic) bond motifs is 1.